The smallest absolute Gasteiger partial charge is 0.231 e. The van der Waals surface area contributed by atoms with Gasteiger partial charge in [-0.05, 0) is 19.1 Å². The van der Waals surface area contributed by atoms with Gasteiger partial charge in [-0.25, -0.2) is 4.98 Å². The first-order valence-corrected chi connectivity index (χ1v) is 6.95. The van der Waals surface area contributed by atoms with E-state index in [0.29, 0.717) is 17.3 Å². The molecule has 0 bridgehead atoms. The minimum absolute atomic E-state index is 0.145. The molecule has 0 aliphatic rings. The summed E-state index contributed by atoms with van der Waals surface area (Å²) in [7, 11) is 0. The Kier molecular flexibility index (Phi) is 3.96. The normalized spacial score (nSPS) is 10.4. The lowest BCUT2D eigenvalue weighted by atomic mass is 10.1. The molecule has 3 rings (SSSR count). The largest absolute Gasteiger partial charge is 0.356 e. The van der Waals surface area contributed by atoms with Crippen molar-refractivity contribution in [2.75, 3.05) is 5.32 Å². The van der Waals surface area contributed by atoms with Gasteiger partial charge in [0.1, 0.15) is 5.82 Å². The number of hydrogen-bond acceptors (Lipinski definition) is 4. The van der Waals surface area contributed by atoms with Crippen molar-refractivity contribution in [3.63, 3.8) is 0 Å². The lowest BCUT2D eigenvalue weighted by molar-refractivity contribution is -0.115. The topological polar surface area (TPSA) is 68.0 Å². The van der Waals surface area contributed by atoms with E-state index in [1.54, 1.807) is 12.1 Å². The van der Waals surface area contributed by atoms with Gasteiger partial charge in [0.05, 0.1) is 12.1 Å². The van der Waals surface area contributed by atoms with Crippen LogP contribution < -0.4 is 5.32 Å². The van der Waals surface area contributed by atoms with Gasteiger partial charge in [-0.15, -0.1) is 0 Å². The van der Waals surface area contributed by atoms with Gasteiger partial charge in [0, 0.05) is 17.3 Å². The van der Waals surface area contributed by atoms with E-state index in [2.05, 4.69) is 15.5 Å². The Hall–Kier alpha value is -2.95. The van der Waals surface area contributed by atoms with Crippen molar-refractivity contribution in [3.05, 3.63) is 66.0 Å². The Morgan fingerprint density at radius 3 is 2.73 bits per heavy atom. The molecule has 22 heavy (non-hydrogen) atoms. The summed E-state index contributed by atoms with van der Waals surface area (Å²) in [4.78, 5) is 16.2. The van der Waals surface area contributed by atoms with E-state index in [1.807, 2.05) is 49.4 Å². The number of amides is 1. The highest BCUT2D eigenvalue weighted by Crippen LogP contribution is 2.20. The molecular weight excluding hydrogens is 278 g/mol. The SMILES string of the molecule is Cc1cccc(NC(=O)Cc2cc(-c3ccccc3)on2)n1. The van der Waals surface area contributed by atoms with Crippen molar-refractivity contribution < 1.29 is 9.32 Å². The maximum Gasteiger partial charge on any atom is 0.231 e. The zero-order chi connectivity index (χ0) is 15.4. The summed E-state index contributed by atoms with van der Waals surface area (Å²) in [5.74, 6) is 1.01. The van der Waals surface area contributed by atoms with Crippen molar-refractivity contribution in [2.24, 2.45) is 0 Å². The van der Waals surface area contributed by atoms with E-state index in [0.717, 1.165) is 11.3 Å². The van der Waals surface area contributed by atoms with Crippen LogP contribution in [0, 0.1) is 6.92 Å². The fourth-order valence-corrected chi connectivity index (χ4v) is 2.10. The molecule has 2 aromatic heterocycles. The Balaban J connectivity index is 1.66. The van der Waals surface area contributed by atoms with Crippen molar-refractivity contribution in [3.8, 4) is 11.3 Å². The molecule has 0 radical (unpaired) electrons. The van der Waals surface area contributed by atoms with Gasteiger partial charge in [-0.3, -0.25) is 4.79 Å². The average Bonchev–Trinajstić information content (AvgIpc) is 2.96. The average molecular weight is 293 g/mol. The van der Waals surface area contributed by atoms with Crippen LogP contribution in [0.25, 0.3) is 11.3 Å². The van der Waals surface area contributed by atoms with E-state index >= 15 is 0 Å². The van der Waals surface area contributed by atoms with E-state index in [4.69, 9.17) is 4.52 Å². The molecule has 2 heterocycles. The van der Waals surface area contributed by atoms with Crippen LogP contribution in [0.2, 0.25) is 0 Å². The van der Waals surface area contributed by atoms with Crippen LogP contribution in [-0.2, 0) is 11.2 Å². The van der Waals surface area contributed by atoms with E-state index in [9.17, 15) is 4.79 Å². The third kappa shape index (κ3) is 3.38. The van der Waals surface area contributed by atoms with Gasteiger partial charge in [0.25, 0.3) is 0 Å². The van der Waals surface area contributed by atoms with E-state index in [-0.39, 0.29) is 12.3 Å². The van der Waals surface area contributed by atoms with Crippen LogP contribution in [0.3, 0.4) is 0 Å². The Morgan fingerprint density at radius 1 is 1.14 bits per heavy atom. The van der Waals surface area contributed by atoms with Crippen LogP contribution in [0.5, 0.6) is 0 Å². The predicted molar refractivity (Wildman–Crippen MR) is 83.2 cm³/mol. The van der Waals surface area contributed by atoms with Crippen LogP contribution >= 0.6 is 0 Å². The maximum atomic E-state index is 12.0. The molecule has 5 heteroatoms. The molecule has 0 aliphatic carbocycles. The lowest BCUT2D eigenvalue weighted by Gasteiger charge is -2.03. The van der Waals surface area contributed by atoms with Crippen LogP contribution in [0.15, 0.2) is 59.1 Å². The number of rotatable bonds is 4. The molecule has 3 aromatic rings. The number of anilines is 1. The Bertz CT molecular complexity index is 781. The molecule has 5 nitrogen and oxygen atoms in total. The quantitative estimate of drug-likeness (QED) is 0.802. The monoisotopic (exact) mass is 293 g/mol. The number of hydrogen-bond donors (Lipinski definition) is 1. The van der Waals surface area contributed by atoms with Crippen molar-refractivity contribution in [1.82, 2.24) is 10.1 Å². The molecule has 0 unspecified atom stereocenters. The number of carbonyl (C=O) groups excluding carboxylic acids is 1. The molecule has 0 saturated carbocycles. The molecule has 0 atom stereocenters. The van der Waals surface area contributed by atoms with Gasteiger partial charge in [0.15, 0.2) is 5.76 Å². The Morgan fingerprint density at radius 2 is 1.95 bits per heavy atom. The first-order chi connectivity index (χ1) is 10.7. The minimum Gasteiger partial charge on any atom is -0.356 e. The second kappa shape index (κ2) is 6.22. The number of aryl methyl sites for hydroxylation is 1. The Labute approximate surface area is 128 Å². The summed E-state index contributed by atoms with van der Waals surface area (Å²) < 4.78 is 5.28. The molecular formula is C17H15N3O2. The summed E-state index contributed by atoms with van der Waals surface area (Å²) in [6, 6.07) is 16.9. The second-order valence-corrected chi connectivity index (χ2v) is 4.94. The molecule has 1 aromatic carbocycles. The molecule has 0 saturated heterocycles. The van der Waals surface area contributed by atoms with Gasteiger partial charge in [0.2, 0.25) is 5.91 Å². The summed E-state index contributed by atoms with van der Waals surface area (Å²) in [5, 5.41) is 6.68. The van der Waals surface area contributed by atoms with Gasteiger partial charge in [-0.1, -0.05) is 41.6 Å². The third-order valence-corrected chi connectivity index (χ3v) is 3.11. The predicted octanol–water partition coefficient (Wildman–Crippen LogP) is 3.23. The van der Waals surface area contributed by atoms with Crippen molar-refractivity contribution >= 4 is 11.7 Å². The summed E-state index contributed by atoms with van der Waals surface area (Å²) in [6.45, 7) is 1.87. The first kappa shape index (κ1) is 14.0. The molecule has 110 valence electrons. The standard InChI is InChI=1S/C17H15N3O2/c1-12-6-5-9-16(18-12)19-17(21)11-14-10-15(22-20-14)13-7-3-2-4-8-13/h2-10H,11H2,1H3,(H,18,19,21). The van der Waals surface area contributed by atoms with Crippen molar-refractivity contribution in [1.29, 1.82) is 0 Å². The number of pyridine rings is 1. The molecule has 1 amide bonds. The van der Waals surface area contributed by atoms with Crippen molar-refractivity contribution in [2.45, 2.75) is 13.3 Å². The van der Waals surface area contributed by atoms with E-state index < -0.39 is 0 Å². The number of nitrogens with one attached hydrogen (secondary N) is 1. The highest BCUT2D eigenvalue weighted by Gasteiger charge is 2.11. The molecule has 0 fully saturated rings. The first-order valence-electron chi connectivity index (χ1n) is 6.95. The number of aromatic nitrogens is 2. The highest BCUT2D eigenvalue weighted by atomic mass is 16.5. The highest BCUT2D eigenvalue weighted by molar-refractivity contribution is 5.91. The van der Waals surface area contributed by atoms with Gasteiger partial charge >= 0.3 is 0 Å². The molecule has 0 spiro atoms. The fourth-order valence-electron chi connectivity index (χ4n) is 2.10. The summed E-state index contributed by atoms with van der Waals surface area (Å²) in [5.41, 5.74) is 2.37. The van der Waals surface area contributed by atoms with Gasteiger partial charge < -0.3 is 9.84 Å². The number of benzene rings is 1. The number of nitrogens with zero attached hydrogens (tertiary/aromatic N) is 2. The zero-order valence-electron chi connectivity index (χ0n) is 12.1. The zero-order valence-corrected chi connectivity index (χ0v) is 12.1. The minimum atomic E-state index is -0.175. The third-order valence-electron chi connectivity index (χ3n) is 3.11. The molecule has 1 N–H and O–H groups in total. The van der Waals surface area contributed by atoms with Crippen LogP contribution in [0.4, 0.5) is 5.82 Å². The maximum absolute atomic E-state index is 12.0. The molecule has 0 aliphatic heterocycles. The second-order valence-electron chi connectivity index (χ2n) is 4.94. The van der Waals surface area contributed by atoms with Crippen LogP contribution in [0.1, 0.15) is 11.4 Å². The lowest BCUT2D eigenvalue weighted by Crippen LogP contribution is -2.15. The van der Waals surface area contributed by atoms with Gasteiger partial charge in [-0.2, -0.15) is 0 Å². The van der Waals surface area contributed by atoms with Crippen LogP contribution in [-0.4, -0.2) is 16.0 Å². The summed E-state index contributed by atoms with van der Waals surface area (Å²) >= 11 is 0. The van der Waals surface area contributed by atoms with E-state index in [1.165, 1.54) is 0 Å². The summed E-state index contributed by atoms with van der Waals surface area (Å²) in [6.07, 6.45) is 0.145. The fraction of sp³-hybridized carbons (Fsp3) is 0.118. The number of carbonyl (C=O) groups is 1.